The molecule has 0 aromatic heterocycles. The molecule has 0 bridgehead atoms. The van der Waals surface area contributed by atoms with Crippen molar-refractivity contribution in [2.75, 3.05) is 72.0 Å². The van der Waals surface area contributed by atoms with Gasteiger partial charge in [0, 0.05) is 72.0 Å². The van der Waals surface area contributed by atoms with Gasteiger partial charge in [0.2, 0.25) is 11.8 Å². The lowest BCUT2D eigenvalue weighted by Gasteiger charge is -2.49. The van der Waals surface area contributed by atoms with Crippen LogP contribution in [0.2, 0.25) is 0 Å². The monoisotopic (exact) mass is 519 g/mol. The Morgan fingerprint density at radius 3 is 2.19 bits per heavy atom. The summed E-state index contributed by atoms with van der Waals surface area (Å²) in [4.78, 5) is 68.0. The molecule has 0 spiro atoms. The first-order chi connectivity index (χ1) is 17.8. The molecule has 0 radical (unpaired) electrons. The molecule has 0 aromatic carbocycles. The van der Waals surface area contributed by atoms with E-state index in [1.165, 1.54) is 4.90 Å². The number of guanidine groups is 2. The Bertz CT molecular complexity index is 950. The first kappa shape index (κ1) is 26.3. The van der Waals surface area contributed by atoms with Crippen LogP contribution in [0.5, 0.6) is 0 Å². The standard InChI is InChI=1S/C22H37N11O4/c23-19(24)26-4-1-3-15-16(18(35)29-7-9-30(10-8-29)20(25)36)33(17(15)34)22(37)32-13-11-31(12-14-32)21-27-5-2-6-28-21/h15-16H,1-14H2,(H2,25,36)(H,27,28)(H4,23,24,26)/t15-,16+/m1/s1. The van der Waals surface area contributed by atoms with Crippen LogP contribution in [0, 0.1) is 5.92 Å². The summed E-state index contributed by atoms with van der Waals surface area (Å²) in [5.74, 6) is -0.456. The van der Waals surface area contributed by atoms with Crippen LogP contribution in [0.15, 0.2) is 9.98 Å². The predicted molar refractivity (Wildman–Crippen MR) is 135 cm³/mol. The third-order valence-electron chi connectivity index (χ3n) is 7.27. The average Bonchev–Trinajstić information content (AvgIpc) is 2.91. The second-order valence-corrected chi connectivity index (χ2v) is 9.60. The average molecular weight is 520 g/mol. The molecule has 7 N–H and O–H groups in total. The van der Waals surface area contributed by atoms with E-state index in [1.54, 1.807) is 9.80 Å². The quantitative estimate of drug-likeness (QED) is 0.129. The fourth-order valence-electron chi connectivity index (χ4n) is 5.17. The largest absolute Gasteiger partial charge is 0.370 e. The van der Waals surface area contributed by atoms with Crippen LogP contribution in [-0.4, -0.2) is 138 Å². The molecule has 3 fully saturated rings. The maximum atomic E-state index is 13.5. The topological polar surface area (TPSA) is 199 Å². The molecule has 0 unspecified atom stereocenters. The van der Waals surface area contributed by atoms with E-state index in [0.29, 0.717) is 71.7 Å². The number of nitrogens with one attached hydrogen (secondary N) is 1. The number of nitrogens with zero attached hydrogens (tertiary/aromatic N) is 7. The van der Waals surface area contributed by atoms with Crippen molar-refractivity contribution in [2.24, 2.45) is 33.1 Å². The number of likely N-dealkylation sites (tertiary alicyclic amines) is 1. The number of carbonyl (C=O) groups is 4. The van der Waals surface area contributed by atoms with Crippen LogP contribution < -0.4 is 22.5 Å². The minimum absolute atomic E-state index is 0.0368. The zero-order valence-electron chi connectivity index (χ0n) is 21.0. The van der Waals surface area contributed by atoms with Crippen LogP contribution in [0.25, 0.3) is 0 Å². The number of hydrogen-bond acceptors (Lipinski definition) is 8. The van der Waals surface area contributed by atoms with Crippen molar-refractivity contribution in [3.8, 4) is 0 Å². The highest BCUT2D eigenvalue weighted by Crippen LogP contribution is 2.34. The van der Waals surface area contributed by atoms with E-state index in [9.17, 15) is 19.2 Å². The number of hydrogen-bond donors (Lipinski definition) is 4. The number of amides is 6. The first-order valence-corrected chi connectivity index (χ1v) is 12.8. The van der Waals surface area contributed by atoms with Gasteiger partial charge in [-0.25, -0.2) is 9.59 Å². The van der Waals surface area contributed by atoms with E-state index in [1.807, 2.05) is 0 Å². The molecule has 15 heteroatoms. The van der Waals surface area contributed by atoms with Crippen molar-refractivity contribution in [3.05, 3.63) is 0 Å². The Morgan fingerprint density at radius 1 is 0.946 bits per heavy atom. The molecule has 4 aliphatic heterocycles. The van der Waals surface area contributed by atoms with E-state index in [-0.39, 0.29) is 17.8 Å². The molecule has 204 valence electrons. The fraction of sp³-hybridized carbons (Fsp3) is 0.727. The van der Waals surface area contributed by atoms with E-state index in [4.69, 9.17) is 17.2 Å². The van der Waals surface area contributed by atoms with Crippen LogP contribution in [-0.2, 0) is 9.59 Å². The lowest BCUT2D eigenvalue weighted by Crippen LogP contribution is -2.72. The number of urea groups is 2. The van der Waals surface area contributed by atoms with Crippen molar-refractivity contribution < 1.29 is 19.2 Å². The van der Waals surface area contributed by atoms with E-state index >= 15 is 0 Å². The zero-order valence-corrected chi connectivity index (χ0v) is 21.0. The number of carbonyl (C=O) groups excluding carboxylic acids is 4. The highest BCUT2D eigenvalue weighted by atomic mass is 16.2. The van der Waals surface area contributed by atoms with Crippen molar-refractivity contribution >= 4 is 35.8 Å². The Hall–Kier alpha value is -3.78. The van der Waals surface area contributed by atoms with E-state index in [0.717, 1.165) is 30.4 Å². The number of primary amides is 1. The van der Waals surface area contributed by atoms with Gasteiger partial charge >= 0.3 is 12.1 Å². The summed E-state index contributed by atoms with van der Waals surface area (Å²) in [6.45, 7) is 5.24. The van der Waals surface area contributed by atoms with Gasteiger partial charge in [-0.1, -0.05) is 0 Å². The zero-order chi connectivity index (χ0) is 26.5. The number of imide groups is 1. The SMILES string of the molecule is NC(=O)N1CCN(C(=O)[C@@H]2[C@@H](CCCN=C(N)N)C(=O)N2C(=O)N2CCN(C3=NCCCN3)CC2)CC1. The first-order valence-electron chi connectivity index (χ1n) is 12.8. The Labute approximate surface area is 215 Å². The lowest BCUT2D eigenvalue weighted by atomic mass is 9.82. The fourth-order valence-corrected chi connectivity index (χ4v) is 5.17. The van der Waals surface area contributed by atoms with Gasteiger partial charge in [0.15, 0.2) is 11.9 Å². The molecule has 6 amide bonds. The van der Waals surface area contributed by atoms with Gasteiger partial charge < -0.3 is 42.1 Å². The van der Waals surface area contributed by atoms with Gasteiger partial charge in [-0.05, 0) is 19.3 Å². The third kappa shape index (κ3) is 5.80. The lowest BCUT2D eigenvalue weighted by molar-refractivity contribution is -0.164. The minimum atomic E-state index is -0.887. The summed E-state index contributed by atoms with van der Waals surface area (Å²) in [5, 5.41) is 3.29. The van der Waals surface area contributed by atoms with Gasteiger partial charge in [-0.2, -0.15) is 0 Å². The number of β-lactam (4-membered cyclic amide) rings is 1. The molecule has 3 saturated heterocycles. The number of rotatable bonds is 5. The van der Waals surface area contributed by atoms with E-state index in [2.05, 4.69) is 20.2 Å². The molecule has 0 saturated carbocycles. The van der Waals surface area contributed by atoms with Crippen molar-refractivity contribution in [2.45, 2.75) is 25.3 Å². The molecule has 0 aromatic rings. The molecule has 4 heterocycles. The normalized spacial score (nSPS) is 24.2. The molecule has 4 aliphatic rings. The third-order valence-corrected chi connectivity index (χ3v) is 7.27. The second kappa shape index (κ2) is 11.5. The van der Waals surface area contributed by atoms with Crippen molar-refractivity contribution in [3.63, 3.8) is 0 Å². The molecular weight excluding hydrogens is 482 g/mol. The summed E-state index contributed by atoms with van der Waals surface area (Å²) in [6.07, 6.45) is 1.89. The minimum Gasteiger partial charge on any atom is -0.370 e. The molecule has 37 heavy (non-hydrogen) atoms. The van der Waals surface area contributed by atoms with Gasteiger partial charge in [0.05, 0.1) is 5.92 Å². The maximum absolute atomic E-state index is 13.5. The maximum Gasteiger partial charge on any atom is 0.327 e. The molecule has 0 aliphatic carbocycles. The summed E-state index contributed by atoms with van der Waals surface area (Å²) in [5.41, 5.74) is 16.1. The van der Waals surface area contributed by atoms with Gasteiger partial charge in [-0.15, -0.1) is 0 Å². The van der Waals surface area contributed by atoms with Crippen molar-refractivity contribution in [1.82, 2.24) is 29.8 Å². The Morgan fingerprint density at radius 2 is 1.59 bits per heavy atom. The predicted octanol–water partition coefficient (Wildman–Crippen LogP) is -2.82. The molecule has 15 nitrogen and oxygen atoms in total. The summed E-state index contributed by atoms with van der Waals surface area (Å²) < 4.78 is 0. The highest BCUT2D eigenvalue weighted by molar-refractivity contribution is 6.09. The second-order valence-electron chi connectivity index (χ2n) is 9.60. The molecular formula is C22H37N11O4. The van der Waals surface area contributed by atoms with Gasteiger partial charge in [0.25, 0.3) is 0 Å². The number of piperazine rings is 2. The van der Waals surface area contributed by atoms with Crippen LogP contribution in [0.1, 0.15) is 19.3 Å². The Balaban J connectivity index is 1.41. The van der Waals surface area contributed by atoms with Gasteiger partial charge in [0.1, 0.15) is 6.04 Å². The highest BCUT2D eigenvalue weighted by Gasteiger charge is 2.56. The Kier molecular flexibility index (Phi) is 8.18. The summed E-state index contributed by atoms with van der Waals surface area (Å²) >= 11 is 0. The van der Waals surface area contributed by atoms with E-state index < -0.39 is 24.0 Å². The van der Waals surface area contributed by atoms with Crippen LogP contribution >= 0.6 is 0 Å². The molecule has 2 atom stereocenters. The van der Waals surface area contributed by atoms with Crippen molar-refractivity contribution in [1.29, 1.82) is 0 Å². The van der Waals surface area contributed by atoms with Crippen LogP contribution in [0.3, 0.4) is 0 Å². The number of aliphatic imine (C=N–C) groups is 2. The number of nitrogens with two attached hydrogens (primary N) is 3. The van der Waals surface area contributed by atoms with Crippen LogP contribution in [0.4, 0.5) is 9.59 Å². The molecule has 4 rings (SSSR count). The summed E-state index contributed by atoms with van der Waals surface area (Å²) in [6, 6.07) is -1.87. The smallest absolute Gasteiger partial charge is 0.327 e. The summed E-state index contributed by atoms with van der Waals surface area (Å²) in [7, 11) is 0. The van der Waals surface area contributed by atoms with Gasteiger partial charge in [-0.3, -0.25) is 24.5 Å².